The number of nitrogens with zero attached hydrogens (tertiary/aromatic N) is 1. The predicted octanol–water partition coefficient (Wildman–Crippen LogP) is 3.80. The normalized spacial score (nSPS) is 22.7. The van der Waals surface area contributed by atoms with E-state index in [-0.39, 0.29) is 16.6 Å². The molecule has 1 aliphatic rings. The van der Waals surface area contributed by atoms with E-state index in [2.05, 4.69) is 15.9 Å². The van der Waals surface area contributed by atoms with Gasteiger partial charge in [0, 0.05) is 18.7 Å². The van der Waals surface area contributed by atoms with E-state index in [9.17, 15) is 18.7 Å². The Morgan fingerprint density at radius 1 is 1.48 bits per heavy atom. The zero-order valence-corrected chi connectivity index (χ0v) is 13.4. The van der Waals surface area contributed by atoms with Gasteiger partial charge in [-0.15, -0.1) is 0 Å². The molecular weight excluding hydrogens is 344 g/mol. The van der Waals surface area contributed by atoms with E-state index in [1.54, 1.807) is 0 Å². The van der Waals surface area contributed by atoms with Gasteiger partial charge in [0.15, 0.2) is 0 Å². The Labute approximate surface area is 131 Å². The van der Waals surface area contributed by atoms with Crippen LogP contribution >= 0.6 is 15.9 Å². The van der Waals surface area contributed by atoms with Gasteiger partial charge < -0.3 is 5.11 Å². The van der Waals surface area contributed by atoms with Gasteiger partial charge in [-0.3, -0.25) is 9.69 Å². The van der Waals surface area contributed by atoms with Crippen molar-refractivity contribution in [2.24, 2.45) is 5.41 Å². The first-order valence-electron chi connectivity index (χ1n) is 6.98. The SMILES string of the molecule is CCCC1(C(=O)O)CCN(Cc2c(F)ccc(Br)c2F)C1. The van der Waals surface area contributed by atoms with Crippen LogP contribution in [0.3, 0.4) is 0 Å². The van der Waals surface area contributed by atoms with E-state index >= 15 is 0 Å². The van der Waals surface area contributed by atoms with Gasteiger partial charge in [0.2, 0.25) is 0 Å². The first-order chi connectivity index (χ1) is 9.89. The number of likely N-dealkylation sites (tertiary alicyclic amines) is 1. The average Bonchev–Trinajstić information content (AvgIpc) is 2.84. The maximum Gasteiger partial charge on any atom is 0.310 e. The van der Waals surface area contributed by atoms with E-state index in [1.165, 1.54) is 12.1 Å². The maximum atomic E-state index is 14.0. The lowest BCUT2D eigenvalue weighted by molar-refractivity contribution is -0.148. The number of benzene rings is 1. The fourth-order valence-corrected chi connectivity index (χ4v) is 3.37. The molecule has 1 aromatic rings. The van der Waals surface area contributed by atoms with Crippen molar-refractivity contribution in [1.82, 2.24) is 4.90 Å². The first-order valence-corrected chi connectivity index (χ1v) is 7.77. The fourth-order valence-electron chi connectivity index (χ4n) is 2.99. The molecule has 0 amide bonds. The Hall–Kier alpha value is -1.01. The summed E-state index contributed by atoms with van der Waals surface area (Å²) >= 11 is 3.05. The van der Waals surface area contributed by atoms with Crippen molar-refractivity contribution in [3.05, 3.63) is 33.8 Å². The summed E-state index contributed by atoms with van der Waals surface area (Å²) in [5.41, 5.74) is -0.796. The van der Waals surface area contributed by atoms with Crippen LogP contribution in [0, 0.1) is 17.0 Å². The highest BCUT2D eigenvalue weighted by Crippen LogP contribution is 2.36. The molecule has 1 N–H and O–H groups in total. The Balaban J connectivity index is 2.16. The third-order valence-electron chi connectivity index (χ3n) is 4.14. The predicted molar refractivity (Wildman–Crippen MR) is 78.9 cm³/mol. The van der Waals surface area contributed by atoms with Crippen molar-refractivity contribution < 1.29 is 18.7 Å². The summed E-state index contributed by atoms with van der Waals surface area (Å²) in [6.45, 7) is 2.91. The summed E-state index contributed by atoms with van der Waals surface area (Å²) in [5, 5.41) is 9.45. The van der Waals surface area contributed by atoms with Crippen LogP contribution in [-0.4, -0.2) is 29.1 Å². The first kappa shape index (κ1) is 16.4. The van der Waals surface area contributed by atoms with Gasteiger partial charge >= 0.3 is 5.97 Å². The van der Waals surface area contributed by atoms with Crippen molar-refractivity contribution in [3.8, 4) is 0 Å². The van der Waals surface area contributed by atoms with Crippen LogP contribution in [0.4, 0.5) is 8.78 Å². The molecule has 0 aromatic heterocycles. The largest absolute Gasteiger partial charge is 0.481 e. The minimum absolute atomic E-state index is 0.0120. The highest BCUT2D eigenvalue weighted by atomic mass is 79.9. The Kier molecular flexibility index (Phi) is 4.99. The lowest BCUT2D eigenvalue weighted by Gasteiger charge is -2.24. The fraction of sp³-hybridized carbons (Fsp3) is 0.533. The number of carboxylic acids is 1. The summed E-state index contributed by atoms with van der Waals surface area (Å²) in [6.07, 6.45) is 1.88. The molecule has 116 valence electrons. The van der Waals surface area contributed by atoms with Gasteiger partial charge in [0.25, 0.3) is 0 Å². The van der Waals surface area contributed by atoms with Gasteiger partial charge in [-0.05, 0) is 47.4 Å². The standard InChI is InChI=1S/C15H18BrF2NO2/c1-2-5-15(14(20)21)6-7-19(9-15)8-10-12(17)4-3-11(16)13(10)18/h3-4H,2,5-9H2,1H3,(H,20,21). The topological polar surface area (TPSA) is 40.5 Å². The van der Waals surface area contributed by atoms with Crippen molar-refractivity contribution >= 4 is 21.9 Å². The molecule has 0 radical (unpaired) electrons. The maximum absolute atomic E-state index is 14.0. The second-order valence-electron chi connectivity index (χ2n) is 5.62. The van der Waals surface area contributed by atoms with Gasteiger partial charge in [0.1, 0.15) is 11.6 Å². The van der Waals surface area contributed by atoms with Crippen molar-refractivity contribution in [2.45, 2.75) is 32.7 Å². The van der Waals surface area contributed by atoms with Crippen LogP contribution < -0.4 is 0 Å². The van der Waals surface area contributed by atoms with Gasteiger partial charge in [-0.1, -0.05) is 13.3 Å². The smallest absolute Gasteiger partial charge is 0.310 e. The number of carbonyl (C=O) groups is 1. The summed E-state index contributed by atoms with van der Waals surface area (Å²) in [7, 11) is 0. The third-order valence-corrected chi connectivity index (χ3v) is 4.75. The highest BCUT2D eigenvalue weighted by molar-refractivity contribution is 9.10. The van der Waals surface area contributed by atoms with Crippen LogP contribution in [-0.2, 0) is 11.3 Å². The molecule has 1 unspecified atom stereocenters. The van der Waals surface area contributed by atoms with E-state index in [0.29, 0.717) is 25.9 Å². The number of carboxylic acid groups (broad SMARTS) is 1. The molecule has 1 aliphatic heterocycles. The number of hydrogen-bond donors (Lipinski definition) is 1. The number of rotatable bonds is 5. The summed E-state index contributed by atoms with van der Waals surface area (Å²) in [6, 6.07) is 2.55. The molecule has 1 heterocycles. The van der Waals surface area contributed by atoms with Crippen LogP contribution in [0.15, 0.2) is 16.6 Å². The summed E-state index contributed by atoms with van der Waals surface area (Å²) in [4.78, 5) is 13.3. The van der Waals surface area contributed by atoms with Gasteiger partial charge in [-0.25, -0.2) is 8.78 Å². The number of aliphatic carboxylic acids is 1. The number of hydrogen-bond acceptors (Lipinski definition) is 2. The molecule has 1 saturated heterocycles. The Morgan fingerprint density at radius 2 is 2.19 bits per heavy atom. The lowest BCUT2D eigenvalue weighted by Crippen LogP contribution is -2.34. The molecule has 0 spiro atoms. The lowest BCUT2D eigenvalue weighted by atomic mass is 9.83. The second kappa shape index (κ2) is 6.40. The minimum atomic E-state index is -0.818. The van der Waals surface area contributed by atoms with Crippen LogP contribution in [0.25, 0.3) is 0 Å². The minimum Gasteiger partial charge on any atom is -0.481 e. The number of halogens is 3. The molecule has 1 aromatic carbocycles. The van der Waals surface area contributed by atoms with Crippen molar-refractivity contribution in [2.75, 3.05) is 13.1 Å². The Morgan fingerprint density at radius 3 is 2.81 bits per heavy atom. The second-order valence-corrected chi connectivity index (χ2v) is 6.47. The molecule has 0 aliphatic carbocycles. The van der Waals surface area contributed by atoms with Crippen molar-refractivity contribution in [3.63, 3.8) is 0 Å². The molecule has 2 rings (SSSR count). The summed E-state index contributed by atoms with van der Waals surface area (Å²) < 4.78 is 28.0. The average molecular weight is 362 g/mol. The third kappa shape index (κ3) is 3.26. The zero-order chi connectivity index (χ0) is 15.6. The quantitative estimate of drug-likeness (QED) is 0.810. The highest BCUT2D eigenvalue weighted by Gasteiger charge is 2.44. The van der Waals surface area contributed by atoms with Crippen LogP contribution in [0.5, 0.6) is 0 Å². The van der Waals surface area contributed by atoms with E-state index < -0.39 is 23.0 Å². The zero-order valence-electron chi connectivity index (χ0n) is 11.8. The molecule has 0 bridgehead atoms. The molecule has 1 atom stereocenters. The van der Waals surface area contributed by atoms with Crippen LogP contribution in [0.1, 0.15) is 31.7 Å². The van der Waals surface area contributed by atoms with Gasteiger partial charge in [-0.2, -0.15) is 0 Å². The molecule has 0 saturated carbocycles. The molecular formula is C15H18BrF2NO2. The van der Waals surface area contributed by atoms with E-state index in [4.69, 9.17) is 0 Å². The molecule has 21 heavy (non-hydrogen) atoms. The Bertz CT molecular complexity index is 553. The molecule has 3 nitrogen and oxygen atoms in total. The van der Waals surface area contributed by atoms with Crippen molar-refractivity contribution in [1.29, 1.82) is 0 Å². The van der Waals surface area contributed by atoms with E-state index in [1.807, 2.05) is 11.8 Å². The monoisotopic (exact) mass is 361 g/mol. The van der Waals surface area contributed by atoms with Gasteiger partial charge in [0.05, 0.1) is 9.89 Å². The molecule has 6 heteroatoms. The summed E-state index contributed by atoms with van der Waals surface area (Å²) in [5.74, 6) is -2.03. The van der Waals surface area contributed by atoms with E-state index in [0.717, 1.165) is 6.42 Å². The van der Waals surface area contributed by atoms with Crippen LogP contribution in [0.2, 0.25) is 0 Å². The molecule has 1 fully saturated rings.